The second kappa shape index (κ2) is 17.0. The molecule has 10 rings (SSSR count). The zero-order valence-corrected chi connectivity index (χ0v) is 44.1. The van der Waals surface area contributed by atoms with Gasteiger partial charge in [0.2, 0.25) is 0 Å². The summed E-state index contributed by atoms with van der Waals surface area (Å²) in [6.07, 6.45) is 0. The van der Waals surface area contributed by atoms with Crippen molar-refractivity contribution in [3.63, 3.8) is 0 Å². The number of rotatable bonds is 6. The van der Waals surface area contributed by atoms with Crippen LogP contribution in [0.25, 0.3) is 11.1 Å². The van der Waals surface area contributed by atoms with Crippen LogP contribution in [0.2, 0.25) is 0 Å². The van der Waals surface area contributed by atoms with Crippen molar-refractivity contribution in [3.05, 3.63) is 203 Å². The third kappa shape index (κ3) is 8.34. The fourth-order valence-corrected chi connectivity index (χ4v) is 10.8. The van der Waals surface area contributed by atoms with E-state index in [2.05, 4.69) is 281 Å². The average Bonchev–Trinajstić information content (AvgIpc) is 3.31. The molecule has 0 amide bonds. The van der Waals surface area contributed by atoms with E-state index in [1.807, 2.05) is 0 Å². The minimum atomic E-state index is -0.0602. The van der Waals surface area contributed by atoms with Gasteiger partial charge in [0, 0.05) is 45.4 Å². The Morgan fingerprint density at radius 2 is 0.871 bits per heavy atom. The molecule has 0 fully saturated rings. The van der Waals surface area contributed by atoms with Crippen LogP contribution in [-0.2, 0) is 21.7 Å². The first-order valence-corrected chi connectivity index (χ1v) is 25.4. The Kier molecular flexibility index (Phi) is 11.4. The molecule has 3 nitrogen and oxygen atoms in total. The minimum Gasteiger partial charge on any atom is -0.311 e. The molecule has 0 aromatic heterocycles. The first kappa shape index (κ1) is 46.9. The highest BCUT2D eigenvalue weighted by atomic mass is 15.2. The van der Waals surface area contributed by atoms with Crippen molar-refractivity contribution in [2.75, 3.05) is 14.7 Å². The summed E-state index contributed by atoms with van der Waals surface area (Å²) in [4.78, 5) is 7.69. The molecule has 0 radical (unpaired) electrons. The van der Waals surface area contributed by atoms with Gasteiger partial charge in [0.15, 0.2) is 0 Å². The summed E-state index contributed by atoms with van der Waals surface area (Å²) in [5.74, 6) is 0. The second-order valence-corrected chi connectivity index (χ2v) is 24.2. The van der Waals surface area contributed by atoms with Crippen LogP contribution in [0.4, 0.5) is 51.2 Å². The Bertz CT molecular complexity index is 3260. The Balaban J connectivity index is 1.37. The van der Waals surface area contributed by atoms with E-state index in [0.717, 1.165) is 28.4 Å². The summed E-state index contributed by atoms with van der Waals surface area (Å²) in [6.45, 7) is 32.3. The molecule has 0 saturated heterocycles. The molecule has 8 aromatic carbocycles. The highest BCUT2D eigenvalue weighted by Gasteiger charge is 2.45. The quantitative estimate of drug-likeness (QED) is 0.154. The third-order valence-electron chi connectivity index (χ3n) is 14.8. The minimum absolute atomic E-state index is 0.0141. The van der Waals surface area contributed by atoms with Crippen LogP contribution in [0.15, 0.2) is 170 Å². The molecule has 70 heavy (non-hydrogen) atoms. The molecule has 0 unspecified atom stereocenters. The number of aryl methyl sites for hydroxylation is 2. The molecule has 8 aromatic rings. The summed E-state index contributed by atoms with van der Waals surface area (Å²) < 4.78 is 0. The molecule has 0 N–H and O–H groups in total. The lowest BCUT2D eigenvalue weighted by molar-refractivity contribution is 0.590. The van der Waals surface area contributed by atoms with Crippen molar-refractivity contribution in [2.45, 2.75) is 119 Å². The first-order valence-electron chi connectivity index (χ1n) is 25.4. The standard InChI is InChI=1S/C66H70BN3/c1-43-24-35-56(44(2)38-43)68(50-31-25-46(26-32-50)63(3,4)5)52-41-60-62-61(42-52)70(57-23-19-18-22-53(57)45-20-16-15-17-21-45)59-37-30-49(66(12,13)14)40-55(59)67(62)54-39-48(65(9,10)11)29-36-58(54)69(60)51-33-27-47(28-34-51)64(6,7)8/h15-42H,1-14H3. The van der Waals surface area contributed by atoms with E-state index in [4.69, 9.17) is 0 Å². The summed E-state index contributed by atoms with van der Waals surface area (Å²) in [5.41, 5.74) is 24.5. The Morgan fingerprint density at radius 3 is 1.41 bits per heavy atom. The van der Waals surface area contributed by atoms with E-state index in [1.54, 1.807) is 0 Å². The van der Waals surface area contributed by atoms with Crippen LogP contribution in [0.3, 0.4) is 0 Å². The number of anilines is 9. The highest BCUT2D eigenvalue weighted by molar-refractivity contribution is 7.00. The van der Waals surface area contributed by atoms with E-state index < -0.39 is 0 Å². The molecule has 0 aliphatic carbocycles. The summed E-state index contributed by atoms with van der Waals surface area (Å²) in [6, 6.07) is 65.2. The molecular formula is C66H70BN3. The van der Waals surface area contributed by atoms with Gasteiger partial charge in [0.1, 0.15) is 0 Å². The summed E-state index contributed by atoms with van der Waals surface area (Å²) in [5, 5.41) is 0. The monoisotopic (exact) mass is 916 g/mol. The number of hydrogen-bond acceptors (Lipinski definition) is 3. The highest BCUT2D eigenvalue weighted by Crippen LogP contribution is 2.51. The first-order chi connectivity index (χ1) is 33.1. The van der Waals surface area contributed by atoms with Gasteiger partial charge in [-0.1, -0.05) is 198 Å². The maximum absolute atomic E-state index is 2.60. The lowest BCUT2D eigenvalue weighted by atomic mass is 9.33. The molecule has 4 heteroatoms. The smallest absolute Gasteiger partial charge is 0.252 e. The van der Waals surface area contributed by atoms with Crippen LogP contribution in [0, 0.1) is 13.8 Å². The second-order valence-electron chi connectivity index (χ2n) is 24.2. The molecular weight excluding hydrogens is 846 g/mol. The lowest BCUT2D eigenvalue weighted by Crippen LogP contribution is -2.61. The predicted octanol–water partition coefficient (Wildman–Crippen LogP) is 16.7. The fraction of sp³-hybridized carbons (Fsp3) is 0.273. The van der Waals surface area contributed by atoms with Gasteiger partial charge in [-0.15, -0.1) is 0 Å². The number of benzene rings is 8. The van der Waals surface area contributed by atoms with Gasteiger partial charge in [0.25, 0.3) is 6.71 Å². The van der Waals surface area contributed by atoms with Gasteiger partial charge in [-0.3, -0.25) is 0 Å². The van der Waals surface area contributed by atoms with Crippen molar-refractivity contribution in [3.8, 4) is 11.1 Å². The Labute approximate surface area is 419 Å². The number of para-hydroxylation sites is 1. The summed E-state index contributed by atoms with van der Waals surface area (Å²) in [7, 11) is 0. The normalized spacial score (nSPS) is 13.5. The van der Waals surface area contributed by atoms with Crippen molar-refractivity contribution in [1.29, 1.82) is 0 Å². The van der Waals surface area contributed by atoms with Crippen LogP contribution >= 0.6 is 0 Å². The van der Waals surface area contributed by atoms with E-state index in [9.17, 15) is 0 Å². The molecule has 2 aliphatic heterocycles. The molecule has 0 spiro atoms. The van der Waals surface area contributed by atoms with Gasteiger partial charge in [-0.25, -0.2) is 0 Å². The van der Waals surface area contributed by atoms with Crippen LogP contribution in [0.1, 0.15) is 116 Å². The van der Waals surface area contributed by atoms with Crippen LogP contribution in [0.5, 0.6) is 0 Å². The number of hydrogen-bond donors (Lipinski definition) is 0. The summed E-state index contributed by atoms with van der Waals surface area (Å²) >= 11 is 0. The predicted molar refractivity (Wildman–Crippen MR) is 305 cm³/mol. The average molecular weight is 916 g/mol. The fourth-order valence-electron chi connectivity index (χ4n) is 10.8. The molecule has 0 bridgehead atoms. The maximum atomic E-state index is 2.60. The molecule has 352 valence electrons. The molecule has 0 saturated carbocycles. The number of fused-ring (bicyclic) bond motifs is 4. The van der Waals surface area contributed by atoms with Crippen molar-refractivity contribution >= 4 is 74.3 Å². The van der Waals surface area contributed by atoms with E-state index >= 15 is 0 Å². The van der Waals surface area contributed by atoms with Gasteiger partial charge < -0.3 is 14.7 Å². The van der Waals surface area contributed by atoms with Crippen molar-refractivity contribution in [2.24, 2.45) is 0 Å². The molecule has 2 aliphatic rings. The van der Waals surface area contributed by atoms with E-state index in [1.165, 1.54) is 83.6 Å². The van der Waals surface area contributed by atoms with E-state index in [0.29, 0.717) is 0 Å². The largest absolute Gasteiger partial charge is 0.311 e. The zero-order valence-electron chi connectivity index (χ0n) is 44.1. The van der Waals surface area contributed by atoms with E-state index in [-0.39, 0.29) is 28.4 Å². The van der Waals surface area contributed by atoms with Crippen LogP contribution in [-0.4, -0.2) is 6.71 Å². The Morgan fingerprint density at radius 1 is 0.386 bits per heavy atom. The number of nitrogens with zero attached hydrogens (tertiary/aromatic N) is 3. The molecule has 2 heterocycles. The van der Waals surface area contributed by atoms with Gasteiger partial charge >= 0.3 is 0 Å². The van der Waals surface area contributed by atoms with Crippen molar-refractivity contribution < 1.29 is 0 Å². The third-order valence-corrected chi connectivity index (χ3v) is 14.8. The van der Waals surface area contributed by atoms with Gasteiger partial charge in [-0.05, 0) is 146 Å². The molecule has 0 atom stereocenters. The van der Waals surface area contributed by atoms with Gasteiger partial charge in [0.05, 0.1) is 11.4 Å². The van der Waals surface area contributed by atoms with Crippen LogP contribution < -0.4 is 31.1 Å². The van der Waals surface area contributed by atoms with Crippen molar-refractivity contribution in [1.82, 2.24) is 0 Å². The lowest BCUT2D eigenvalue weighted by Gasteiger charge is -2.46. The van der Waals surface area contributed by atoms with Gasteiger partial charge in [-0.2, -0.15) is 0 Å². The SMILES string of the molecule is Cc1ccc(N(c2ccc(C(C)(C)C)cc2)c2cc3c4c(c2)N(c2ccccc2-c2ccccc2)c2ccc(C(C)(C)C)cc2B4c2cc(C(C)(C)C)ccc2N3c2ccc(C(C)(C)C)cc2)c(C)c1. The maximum Gasteiger partial charge on any atom is 0.252 e. The Hall–Kier alpha value is -6.78. The topological polar surface area (TPSA) is 9.72 Å². The zero-order chi connectivity index (χ0) is 49.7.